The van der Waals surface area contributed by atoms with Crippen LogP contribution in [0, 0.1) is 11.3 Å². The minimum absolute atomic E-state index is 0.0451. The van der Waals surface area contributed by atoms with E-state index in [0.717, 1.165) is 17.4 Å². The average molecular weight is 282 g/mol. The summed E-state index contributed by atoms with van der Waals surface area (Å²) in [6.45, 7) is 3.08. The number of hydrogen-bond donors (Lipinski definition) is 0. The van der Waals surface area contributed by atoms with Crippen molar-refractivity contribution in [2.45, 2.75) is 19.1 Å². The largest absolute Gasteiger partial charge is 0.364 e. The van der Waals surface area contributed by atoms with E-state index < -0.39 is 6.10 Å². The number of aldehydes is 1. The van der Waals surface area contributed by atoms with Gasteiger partial charge in [0.2, 0.25) is 0 Å². The Morgan fingerprint density at radius 1 is 1.48 bits per heavy atom. The van der Waals surface area contributed by atoms with E-state index in [1.807, 2.05) is 19.1 Å². The molecule has 3 rings (SSSR count). The van der Waals surface area contributed by atoms with Gasteiger partial charge in [0.15, 0.2) is 12.0 Å². The molecule has 6 nitrogen and oxygen atoms in total. The molecule has 1 saturated heterocycles. The monoisotopic (exact) mass is 282 g/mol. The van der Waals surface area contributed by atoms with Gasteiger partial charge in [-0.2, -0.15) is 5.26 Å². The molecule has 21 heavy (non-hydrogen) atoms. The van der Waals surface area contributed by atoms with Gasteiger partial charge in [-0.05, 0) is 19.1 Å². The zero-order chi connectivity index (χ0) is 14.8. The minimum Gasteiger partial charge on any atom is -0.364 e. The maximum absolute atomic E-state index is 11.0. The summed E-state index contributed by atoms with van der Waals surface area (Å²) in [5.74, 6) is 0. The number of carbonyl (C=O) groups excluding carboxylic acids is 1. The predicted octanol–water partition coefficient (Wildman–Crippen LogP) is 1.29. The second-order valence-electron chi connectivity index (χ2n) is 5.03. The van der Waals surface area contributed by atoms with Crippen LogP contribution in [-0.2, 0) is 9.53 Å². The number of ether oxygens (including phenoxy) is 1. The molecule has 0 aliphatic carbocycles. The van der Waals surface area contributed by atoms with Crippen molar-refractivity contribution < 1.29 is 9.53 Å². The number of nitriles is 1. The van der Waals surface area contributed by atoms with E-state index in [2.05, 4.69) is 20.9 Å². The molecule has 2 aromatic rings. The molecular formula is C15H14N4O2. The molecule has 0 radical (unpaired) electrons. The lowest BCUT2D eigenvalue weighted by Crippen LogP contribution is -2.47. The molecule has 0 aromatic carbocycles. The number of morpholine rings is 1. The van der Waals surface area contributed by atoms with Crippen LogP contribution < -0.4 is 4.90 Å². The standard InChI is InChI=1S/C15H14N4O2/c1-10-7-19(8-11(9-20)21-10)14-6-18-13(5-16)15-12(14)3-2-4-17-15/h2-4,6,9-11H,7-8H2,1H3/t10-,11-/m1/s1. The number of rotatable bonds is 2. The first-order chi connectivity index (χ1) is 10.2. The van der Waals surface area contributed by atoms with Crippen LogP contribution in [-0.4, -0.2) is 41.6 Å². The van der Waals surface area contributed by atoms with Crippen LogP contribution in [0.3, 0.4) is 0 Å². The molecule has 0 N–H and O–H groups in total. The highest BCUT2D eigenvalue weighted by Crippen LogP contribution is 2.28. The molecule has 0 saturated carbocycles. The second-order valence-corrected chi connectivity index (χ2v) is 5.03. The van der Waals surface area contributed by atoms with E-state index in [-0.39, 0.29) is 6.10 Å². The van der Waals surface area contributed by atoms with Crippen molar-refractivity contribution in [1.29, 1.82) is 5.26 Å². The summed E-state index contributed by atoms with van der Waals surface area (Å²) >= 11 is 0. The van der Waals surface area contributed by atoms with Crippen LogP contribution in [0.2, 0.25) is 0 Å². The normalized spacial score (nSPS) is 22.0. The Hall–Kier alpha value is -2.52. The number of hydrogen-bond acceptors (Lipinski definition) is 6. The van der Waals surface area contributed by atoms with Crippen LogP contribution in [0.1, 0.15) is 12.6 Å². The lowest BCUT2D eigenvalue weighted by Gasteiger charge is -2.36. The molecule has 0 spiro atoms. The zero-order valence-corrected chi connectivity index (χ0v) is 11.6. The summed E-state index contributed by atoms with van der Waals surface area (Å²) in [4.78, 5) is 21.5. The molecule has 1 fully saturated rings. The van der Waals surface area contributed by atoms with E-state index >= 15 is 0 Å². The van der Waals surface area contributed by atoms with Gasteiger partial charge in [0.05, 0.1) is 24.5 Å². The van der Waals surface area contributed by atoms with E-state index in [1.165, 1.54) is 0 Å². The summed E-state index contributed by atoms with van der Waals surface area (Å²) < 4.78 is 5.55. The number of aromatic nitrogens is 2. The van der Waals surface area contributed by atoms with Crippen LogP contribution in [0.25, 0.3) is 10.9 Å². The van der Waals surface area contributed by atoms with Gasteiger partial charge in [-0.1, -0.05) is 0 Å². The van der Waals surface area contributed by atoms with E-state index in [1.54, 1.807) is 12.4 Å². The zero-order valence-electron chi connectivity index (χ0n) is 11.6. The number of carbonyl (C=O) groups is 1. The Morgan fingerprint density at radius 2 is 2.33 bits per heavy atom. The summed E-state index contributed by atoms with van der Waals surface area (Å²) in [5, 5.41) is 9.99. The van der Waals surface area contributed by atoms with Gasteiger partial charge in [0.25, 0.3) is 0 Å². The maximum atomic E-state index is 11.0. The van der Waals surface area contributed by atoms with Crippen molar-refractivity contribution in [1.82, 2.24) is 9.97 Å². The van der Waals surface area contributed by atoms with Gasteiger partial charge in [-0.25, -0.2) is 4.98 Å². The summed E-state index contributed by atoms with van der Waals surface area (Å²) in [5.41, 5.74) is 1.76. The Morgan fingerprint density at radius 3 is 3.10 bits per heavy atom. The molecule has 106 valence electrons. The third-order valence-corrected chi connectivity index (χ3v) is 3.51. The first-order valence-electron chi connectivity index (χ1n) is 6.72. The molecule has 0 amide bonds. The second kappa shape index (κ2) is 5.46. The van der Waals surface area contributed by atoms with E-state index in [0.29, 0.717) is 24.3 Å². The first kappa shape index (κ1) is 13.5. The number of pyridine rings is 2. The summed E-state index contributed by atoms with van der Waals surface area (Å²) in [6, 6.07) is 5.80. The van der Waals surface area contributed by atoms with Gasteiger partial charge in [0.1, 0.15) is 17.7 Å². The molecule has 6 heteroatoms. The fourth-order valence-corrected chi connectivity index (χ4v) is 2.65. The quantitative estimate of drug-likeness (QED) is 0.772. The average Bonchev–Trinajstić information content (AvgIpc) is 2.53. The Labute approximate surface area is 122 Å². The van der Waals surface area contributed by atoms with Crippen LogP contribution in [0.15, 0.2) is 24.5 Å². The van der Waals surface area contributed by atoms with Crippen molar-refractivity contribution in [3.8, 4) is 6.07 Å². The van der Waals surface area contributed by atoms with Crippen LogP contribution in [0.5, 0.6) is 0 Å². The molecule has 0 bridgehead atoms. The Balaban J connectivity index is 2.09. The van der Waals surface area contributed by atoms with Gasteiger partial charge in [-0.3, -0.25) is 4.98 Å². The maximum Gasteiger partial charge on any atom is 0.166 e. The lowest BCUT2D eigenvalue weighted by molar-refractivity contribution is -0.122. The highest BCUT2D eigenvalue weighted by Gasteiger charge is 2.26. The highest BCUT2D eigenvalue weighted by molar-refractivity contribution is 5.93. The smallest absolute Gasteiger partial charge is 0.166 e. The molecule has 3 heterocycles. The first-order valence-corrected chi connectivity index (χ1v) is 6.72. The summed E-state index contributed by atoms with van der Waals surface area (Å²) in [7, 11) is 0. The summed E-state index contributed by atoms with van der Waals surface area (Å²) in [6.07, 6.45) is 3.64. The number of fused-ring (bicyclic) bond motifs is 1. The third-order valence-electron chi connectivity index (χ3n) is 3.51. The SMILES string of the molecule is C[C@@H]1CN(c2cnc(C#N)c3ncccc23)C[C@H](C=O)O1. The topological polar surface area (TPSA) is 79.1 Å². The molecule has 2 atom stereocenters. The molecule has 2 aromatic heterocycles. The van der Waals surface area contributed by atoms with Crippen molar-refractivity contribution in [2.24, 2.45) is 0 Å². The molecule has 0 unspecified atom stereocenters. The highest BCUT2D eigenvalue weighted by atomic mass is 16.5. The van der Waals surface area contributed by atoms with E-state index in [9.17, 15) is 4.79 Å². The van der Waals surface area contributed by atoms with Crippen LogP contribution >= 0.6 is 0 Å². The molecule has 1 aliphatic rings. The Kier molecular flexibility index (Phi) is 3.50. The van der Waals surface area contributed by atoms with Gasteiger partial charge < -0.3 is 14.4 Å². The predicted molar refractivity (Wildman–Crippen MR) is 76.9 cm³/mol. The third kappa shape index (κ3) is 2.43. The van der Waals surface area contributed by atoms with Gasteiger partial charge in [-0.15, -0.1) is 0 Å². The molecular weight excluding hydrogens is 268 g/mol. The number of anilines is 1. The lowest BCUT2D eigenvalue weighted by atomic mass is 10.1. The Bertz CT molecular complexity index is 725. The minimum atomic E-state index is -0.448. The van der Waals surface area contributed by atoms with Crippen molar-refractivity contribution in [3.05, 3.63) is 30.2 Å². The molecule has 1 aliphatic heterocycles. The fraction of sp³-hybridized carbons (Fsp3) is 0.333. The van der Waals surface area contributed by atoms with Gasteiger partial charge in [0, 0.05) is 18.1 Å². The van der Waals surface area contributed by atoms with Crippen molar-refractivity contribution in [3.63, 3.8) is 0 Å². The van der Waals surface area contributed by atoms with Crippen molar-refractivity contribution >= 4 is 22.9 Å². The van der Waals surface area contributed by atoms with Crippen LogP contribution in [0.4, 0.5) is 5.69 Å². The van der Waals surface area contributed by atoms with Gasteiger partial charge >= 0.3 is 0 Å². The van der Waals surface area contributed by atoms with E-state index in [4.69, 9.17) is 10.00 Å². The van der Waals surface area contributed by atoms with Crippen molar-refractivity contribution in [2.75, 3.05) is 18.0 Å². The number of nitrogens with zero attached hydrogens (tertiary/aromatic N) is 4. The fourth-order valence-electron chi connectivity index (χ4n) is 2.65.